The van der Waals surface area contributed by atoms with Crippen LogP contribution in [-0.2, 0) is 11.2 Å². The summed E-state index contributed by atoms with van der Waals surface area (Å²) in [6, 6.07) is 4.02. The highest BCUT2D eigenvalue weighted by Crippen LogP contribution is 2.25. The van der Waals surface area contributed by atoms with Gasteiger partial charge in [0, 0.05) is 30.8 Å². The summed E-state index contributed by atoms with van der Waals surface area (Å²) in [5.41, 5.74) is 6.85. The quantitative estimate of drug-likeness (QED) is 0.808. The largest absolute Gasteiger partial charge is 0.328 e. The Bertz CT molecular complexity index is 337. The van der Waals surface area contributed by atoms with E-state index in [4.69, 9.17) is 5.73 Å². The van der Waals surface area contributed by atoms with Gasteiger partial charge < -0.3 is 5.73 Å². The molecule has 1 aromatic rings. The van der Waals surface area contributed by atoms with Gasteiger partial charge in [-0.2, -0.15) is 0 Å². The summed E-state index contributed by atoms with van der Waals surface area (Å²) in [6.07, 6.45) is 6.80. The molecule has 0 amide bonds. The van der Waals surface area contributed by atoms with Crippen LogP contribution < -0.4 is 5.73 Å². The first kappa shape index (κ1) is 10.3. The summed E-state index contributed by atoms with van der Waals surface area (Å²) < 4.78 is 0. The maximum Gasteiger partial charge on any atom is 0.140 e. The van der Waals surface area contributed by atoms with E-state index in [1.807, 2.05) is 12.1 Å². The number of carbonyl (C=O) groups is 1. The van der Waals surface area contributed by atoms with Gasteiger partial charge in [-0.05, 0) is 37.0 Å². The molecule has 80 valence electrons. The summed E-state index contributed by atoms with van der Waals surface area (Å²) in [4.78, 5) is 15.8. The minimum Gasteiger partial charge on any atom is -0.328 e. The summed E-state index contributed by atoms with van der Waals surface area (Å²) in [7, 11) is 0. The Labute approximate surface area is 89.7 Å². The number of nitrogens with two attached hydrogens (primary N) is 1. The van der Waals surface area contributed by atoms with Crippen LogP contribution >= 0.6 is 0 Å². The zero-order chi connectivity index (χ0) is 10.7. The smallest absolute Gasteiger partial charge is 0.140 e. The maximum absolute atomic E-state index is 11.9. The number of pyridine rings is 1. The van der Waals surface area contributed by atoms with Gasteiger partial charge in [0.2, 0.25) is 0 Å². The number of carbonyl (C=O) groups excluding carboxylic acids is 1. The molecule has 0 aliphatic heterocycles. The normalized spacial score (nSPS) is 25.4. The number of rotatable bonds is 3. The standard InChI is InChI=1S/C12H16N2O/c13-11-2-1-10(8-11)12(15)7-9-3-5-14-6-4-9/h3-6,10-11H,1-2,7-8,13H2. The lowest BCUT2D eigenvalue weighted by Gasteiger charge is -2.07. The van der Waals surface area contributed by atoms with Crippen LogP contribution in [0.25, 0.3) is 0 Å². The molecule has 15 heavy (non-hydrogen) atoms. The fourth-order valence-electron chi connectivity index (χ4n) is 2.16. The molecule has 1 aliphatic rings. The fourth-order valence-corrected chi connectivity index (χ4v) is 2.16. The van der Waals surface area contributed by atoms with Crippen molar-refractivity contribution in [3.63, 3.8) is 0 Å². The predicted molar refractivity (Wildman–Crippen MR) is 58.3 cm³/mol. The Hall–Kier alpha value is -1.22. The van der Waals surface area contributed by atoms with Crippen LogP contribution in [0.1, 0.15) is 24.8 Å². The van der Waals surface area contributed by atoms with Gasteiger partial charge in [-0.3, -0.25) is 9.78 Å². The third kappa shape index (κ3) is 2.63. The van der Waals surface area contributed by atoms with E-state index in [1.54, 1.807) is 12.4 Å². The van der Waals surface area contributed by atoms with E-state index < -0.39 is 0 Å². The van der Waals surface area contributed by atoms with E-state index in [2.05, 4.69) is 4.98 Å². The Balaban J connectivity index is 1.93. The Morgan fingerprint density at radius 1 is 1.40 bits per heavy atom. The van der Waals surface area contributed by atoms with Crippen LogP contribution in [0, 0.1) is 5.92 Å². The summed E-state index contributed by atoms with van der Waals surface area (Å²) in [6.45, 7) is 0. The lowest BCUT2D eigenvalue weighted by atomic mass is 9.97. The average Bonchev–Trinajstić information content (AvgIpc) is 2.66. The molecule has 1 aliphatic carbocycles. The molecule has 2 atom stereocenters. The van der Waals surface area contributed by atoms with Crippen LogP contribution in [0.3, 0.4) is 0 Å². The lowest BCUT2D eigenvalue weighted by molar-refractivity contribution is -0.122. The topological polar surface area (TPSA) is 56.0 Å². The highest BCUT2D eigenvalue weighted by atomic mass is 16.1. The molecule has 0 aromatic carbocycles. The van der Waals surface area contributed by atoms with Crippen molar-refractivity contribution in [3.05, 3.63) is 30.1 Å². The maximum atomic E-state index is 11.9. The molecule has 2 unspecified atom stereocenters. The first-order valence-electron chi connectivity index (χ1n) is 5.43. The van der Waals surface area contributed by atoms with E-state index >= 15 is 0 Å². The van der Waals surface area contributed by atoms with Gasteiger partial charge in [0.15, 0.2) is 0 Å². The average molecular weight is 204 g/mol. The zero-order valence-corrected chi connectivity index (χ0v) is 8.73. The second kappa shape index (κ2) is 4.53. The molecule has 1 fully saturated rings. The SMILES string of the molecule is NC1CCC(C(=O)Cc2ccncc2)C1. The van der Waals surface area contributed by atoms with Crippen molar-refractivity contribution in [1.82, 2.24) is 4.98 Å². The number of nitrogens with zero attached hydrogens (tertiary/aromatic N) is 1. The van der Waals surface area contributed by atoms with Gasteiger partial charge in [0.05, 0.1) is 0 Å². The third-order valence-corrected chi connectivity index (χ3v) is 3.06. The third-order valence-electron chi connectivity index (χ3n) is 3.06. The Morgan fingerprint density at radius 3 is 2.73 bits per heavy atom. The van der Waals surface area contributed by atoms with E-state index in [9.17, 15) is 4.79 Å². The van der Waals surface area contributed by atoms with Crippen molar-refractivity contribution in [2.75, 3.05) is 0 Å². The van der Waals surface area contributed by atoms with Gasteiger partial charge in [-0.1, -0.05) is 0 Å². The van der Waals surface area contributed by atoms with E-state index in [-0.39, 0.29) is 12.0 Å². The van der Waals surface area contributed by atoms with Gasteiger partial charge in [-0.15, -0.1) is 0 Å². The monoisotopic (exact) mass is 204 g/mol. The number of hydrogen-bond donors (Lipinski definition) is 1. The van der Waals surface area contributed by atoms with Crippen LogP contribution in [-0.4, -0.2) is 16.8 Å². The molecule has 1 saturated carbocycles. The van der Waals surface area contributed by atoms with Crippen molar-refractivity contribution < 1.29 is 4.79 Å². The van der Waals surface area contributed by atoms with Crippen LogP contribution in [0.15, 0.2) is 24.5 Å². The molecule has 2 rings (SSSR count). The number of Topliss-reactive ketones (excluding diaryl/α,β-unsaturated/α-hetero) is 1. The van der Waals surface area contributed by atoms with Gasteiger partial charge in [0.25, 0.3) is 0 Å². The highest BCUT2D eigenvalue weighted by molar-refractivity contribution is 5.83. The predicted octanol–water partition coefficient (Wildman–Crippen LogP) is 1.32. The minimum absolute atomic E-state index is 0.188. The first-order chi connectivity index (χ1) is 7.25. The van der Waals surface area contributed by atoms with Crippen molar-refractivity contribution in [1.29, 1.82) is 0 Å². The van der Waals surface area contributed by atoms with Crippen LogP contribution in [0.5, 0.6) is 0 Å². The highest BCUT2D eigenvalue weighted by Gasteiger charge is 2.27. The molecule has 3 heteroatoms. The van der Waals surface area contributed by atoms with Crippen molar-refractivity contribution in [3.8, 4) is 0 Å². The van der Waals surface area contributed by atoms with E-state index in [0.717, 1.165) is 24.8 Å². The van der Waals surface area contributed by atoms with Crippen LogP contribution in [0.2, 0.25) is 0 Å². The molecule has 0 saturated heterocycles. The zero-order valence-electron chi connectivity index (χ0n) is 8.73. The Morgan fingerprint density at radius 2 is 2.13 bits per heavy atom. The van der Waals surface area contributed by atoms with Gasteiger partial charge in [0.1, 0.15) is 5.78 Å². The summed E-state index contributed by atoms with van der Waals surface area (Å²) in [5.74, 6) is 0.516. The molecule has 0 radical (unpaired) electrons. The number of hydrogen-bond acceptors (Lipinski definition) is 3. The van der Waals surface area contributed by atoms with Gasteiger partial charge in [-0.25, -0.2) is 0 Å². The molecular weight excluding hydrogens is 188 g/mol. The molecule has 3 nitrogen and oxygen atoms in total. The van der Waals surface area contributed by atoms with Crippen molar-refractivity contribution in [2.45, 2.75) is 31.7 Å². The first-order valence-corrected chi connectivity index (χ1v) is 5.43. The number of aromatic nitrogens is 1. The molecule has 1 heterocycles. The molecule has 0 spiro atoms. The second-order valence-corrected chi connectivity index (χ2v) is 4.27. The molecule has 0 bridgehead atoms. The van der Waals surface area contributed by atoms with Crippen molar-refractivity contribution >= 4 is 5.78 Å². The minimum atomic E-state index is 0.188. The number of ketones is 1. The van der Waals surface area contributed by atoms with Gasteiger partial charge >= 0.3 is 0 Å². The summed E-state index contributed by atoms with van der Waals surface area (Å²) >= 11 is 0. The molecule has 1 aromatic heterocycles. The summed E-state index contributed by atoms with van der Waals surface area (Å²) in [5, 5.41) is 0. The molecule has 2 N–H and O–H groups in total. The Kier molecular flexibility index (Phi) is 3.11. The fraction of sp³-hybridized carbons (Fsp3) is 0.500. The van der Waals surface area contributed by atoms with Crippen LogP contribution in [0.4, 0.5) is 0 Å². The second-order valence-electron chi connectivity index (χ2n) is 4.27. The van der Waals surface area contributed by atoms with Crippen molar-refractivity contribution in [2.24, 2.45) is 11.7 Å². The van der Waals surface area contributed by atoms with E-state index in [0.29, 0.717) is 12.2 Å². The molecular formula is C12H16N2O. The lowest BCUT2D eigenvalue weighted by Crippen LogP contribution is -2.19. The van der Waals surface area contributed by atoms with E-state index in [1.165, 1.54) is 0 Å².